The van der Waals surface area contributed by atoms with Crippen LogP contribution in [-0.4, -0.2) is 34.4 Å². The molecule has 4 heteroatoms. The van der Waals surface area contributed by atoms with E-state index in [1.807, 2.05) is 13.8 Å². The minimum Gasteiger partial charge on any atom is -0.480 e. The fourth-order valence-corrected chi connectivity index (χ4v) is 2.01. The van der Waals surface area contributed by atoms with Crippen LogP contribution in [0, 0.1) is 17.8 Å². The van der Waals surface area contributed by atoms with Crippen LogP contribution >= 0.6 is 0 Å². The average Bonchev–Trinajstić information content (AvgIpc) is 2.42. The van der Waals surface area contributed by atoms with Crippen LogP contribution in [-0.2, 0) is 4.79 Å². The number of rotatable bonds is 10. The van der Waals surface area contributed by atoms with Gasteiger partial charge in [0.05, 0.1) is 0 Å². The van der Waals surface area contributed by atoms with Gasteiger partial charge < -0.3 is 15.5 Å². The number of carboxylic acid groups (broad SMARTS) is 1. The number of carbonyl (C=O) groups is 1. The molecule has 0 aliphatic rings. The molecular weight excluding hydrogens is 266 g/mol. The largest absolute Gasteiger partial charge is 0.480 e. The van der Waals surface area contributed by atoms with Crippen molar-refractivity contribution >= 4 is 5.97 Å². The number of aliphatic carboxylic acids is 1. The van der Waals surface area contributed by atoms with Crippen LogP contribution < -0.4 is 5.32 Å². The first-order chi connectivity index (χ1) is 9.84. The van der Waals surface area contributed by atoms with Gasteiger partial charge in [0, 0.05) is 13.0 Å². The highest BCUT2D eigenvalue weighted by Crippen LogP contribution is 2.10. The highest BCUT2D eigenvalue weighted by molar-refractivity contribution is 5.73. The monoisotopic (exact) mass is 297 g/mol. The van der Waals surface area contributed by atoms with Gasteiger partial charge in [-0.1, -0.05) is 52.4 Å². The lowest BCUT2D eigenvalue weighted by atomic mass is 9.98. The lowest BCUT2D eigenvalue weighted by Crippen LogP contribution is -2.48. The van der Waals surface area contributed by atoms with Crippen molar-refractivity contribution in [1.29, 1.82) is 0 Å². The maximum Gasteiger partial charge on any atom is 0.320 e. The predicted octanol–water partition coefficient (Wildman–Crippen LogP) is 2.80. The standard InChI is InChI=1S/C17H31NO3/c1-5-7-8-9-10-11-12-17(4,21)13-18-15(16(19)20)14(3)6-2/h14-15,18,21H,5-10,13H2,1-4H3,(H,19,20). The van der Waals surface area contributed by atoms with Gasteiger partial charge in [-0.2, -0.15) is 0 Å². The highest BCUT2D eigenvalue weighted by atomic mass is 16.4. The van der Waals surface area contributed by atoms with Gasteiger partial charge >= 0.3 is 5.97 Å². The van der Waals surface area contributed by atoms with Crippen LogP contribution in [0.15, 0.2) is 0 Å². The van der Waals surface area contributed by atoms with E-state index in [2.05, 4.69) is 24.1 Å². The van der Waals surface area contributed by atoms with E-state index in [9.17, 15) is 15.0 Å². The smallest absolute Gasteiger partial charge is 0.320 e. The zero-order chi connectivity index (χ0) is 16.3. The summed E-state index contributed by atoms with van der Waals surface area (Å²) < 4.78 is 0. The molecule has 0 aromatic heterocycles. The molecule has 0 aromatic carbocycles. The number of nitrogens with one attached hydrogen (secondary N) is 1. The normalized spacial score (nSPS) is 16.4. The van der Waals surface area contributed by atoms with E-state index >= 15 is 0 Å². The average molecular weight is 297 g/mol. The number of unbranched alkanes of at least 4 members (excludes halogenated alkanes) is 4. The molecule has 0 radical (unpaired) electrons. The second-order valence-corrected chi connectivity index (χ2v) is 5.97. The Hall–Kier alpha value is -1.05. The van der Waals surface area contributed by atoms with E-state index in [4.69, 9.17) is 0 Å². The van der Waals surface area contributed by atoms with Gasteiger partial charge in [-0.3, -0.25) is 4.79 Å². The Morgan fingerprint density at radius 1 is 1.29 bits per heavy atom. The fourth-order valence-electron chi connectivity index (χ4n) is 2.01. The van der Waals surface area contributed by atoms with Gasteiger partial charge in [0.15, 0.2) is 0 Å². The number of hydrogen-bond donors (Lipinski definition) is 3. The fraction of sp³-hybridized carbons (Fsp3) is 0.824. The van der Waals surface area contributed by atoms with E-state index in [1.165, 1.54) is 19.3 Å². The Kier molecular flexibility index (Phi) is 10.1. The summed E-state index contributed by atoms with van der Waals surface area (Å²) in [5.41, 5.74) is -1.19. The lowest BCUT2D eigenvalue weighted by Gasteiger charge is -2.24. The van der Waals surface area contributed by atoms with Crippen molar-refractivity contribution < 1.29 is 15.0 Å². The minimum absolute atomic E-state index is 0.0142. The van der Waals surface area contributed by atoms with Gasteiger partial charge in [0.25, 0.3) is 0 Å². The molecule has 0 aromatic rings. The second-order valence-electron chi connectivity index (χ2n) is 5.97. The highest BCUT2D eigenvalue weighted by Gasteiger charge is 2.26. The summed E-state index contributed by atoms with van der Waals surface area (Å²) in [5, 5.41) is 22.3. The van der Waals surface area contributed by atoms with E-state index in [0.717, 1.165) is 19.3 Å². The first-order valence-electron chi connectivity index (χ1n) is 8.02. The SMILES string of the molecule is CCCCCCC#CC(C)(O)CNC(C(=O)O)C(C)CC. The van der Waals surface area contributed by atoms with Crippen LogP contribution in [0.2, 0.25) is 0 Å². The van der Waals surface area contributed by atoms with E-state index in [0.29, 0.717) is 0 Å². The molecule has 0 bridgehead atoms. The summed E-state index contributed by atoms with van der Waals surface area (Å²) >= 11 is 0. The van der Waals surface area contributed by atoms with Crippen LogP contribution in [0.25, 0.3) is 0 Å². The van der Waals surface area contributed by atoms with Crippen molar-refractivity contribution in [1.82, 2.24) is 5.32 Å². The topological polar surface area (TPSA) is 69.6 Å². The Morgan fingerprint density at radius 2 is 1.95 bits per heavy atom. The van der Waals surface area contributed by atoms with Gasteiger partial charge in [0.1, 0.15) is 11.6 Å². The first kappa shape index (κ1) is 19.9. The molecule has 3 N–H and O–H groups in total. The molecule has 0 spiro atoms. The van der Waals surface area contributed by atoms with Crippen LogP contribution in [0.1, 0.15) is 66.2 Å². The van der Waals surface area contributed by atoms with Gasteiger partial charge in [0.2, 0.25) is 0 Å². The molecule has 0 fully saturated rings. The maximum atomic E-state index is 11.2. The molecule has 0 amide bonds. The third-order valence-corrected chi connectivity index (χ3v) is 3.66. The second kappa shape index (κ2) is 10.6. The molecule has 122 valence electrons. The van der Waals surface area contributed by atoms with E-state index < -0.39 is 17.6 Å². The number of carboxylic acids is 1. The van der Waals surface area contributed by atoms with Crippen molar-refractivity contribution in [3.05, 3.63) is 0 Å². The predicted molar refractivity (Wildman–Crippen MR) is 86.0 cm³/mol. The Labute approximate surface area is 129 Å². The van der Waals surface area contributed by atoms with Crippen LogP contribution in [0.3, 0.4) is 0 Å². The number of hydrogen-bond acceptors (Lipinski definition) is 3. The minimum atomic E-state index is -1.19. The quantitative estimate of drug-likeness (QED) is 0.428. The molecule has 0 saturated heterocycles. The molecule has 0 aliphatic carbocycles. The first-order valence-corrected chi connectivity index (χ1v) is 8.02. The zero-order valence-electron chi connectivity index (χ0n) is 13.9. The summed E-state index contributed by atoms with van der Waals surface area (Å²) in [6.07, 6.45) is 6.19. The summed E-state index contributed by atoms with van der Waals surface area (Å²) in [7, 11) is 0. The molecular formula is C17H31NO3. The van der Waals surface area contributed by atoms with Crippen molar-refractivity contribution in [3.63, 3.8) is 0 Å². The third kappa shape index (κ3) is 9.49. The Morgan fingerprint density at radius 3 is 2.48 bits per heavy atom. The maximum absolute atomic E-state index is 11.2. The lowest BCUT2D eigenvalue weighted by molar-refractivity contribution is -0.141. The van der Waals surface area contributed by atoms with Gasteiger partial charge in [-0.15, -0.1) is 5.92 Å². The molecule has 0 saturated carbocycles. The van der Waals surface area contributed by atoms with Gasteiger partial charge in [-0.25, -0.2) is 0 Å². The van der Waals surface area contributed by atoms with Crippen molar-refractivity contribution in [3.8, 4) is 11.8 Å². The van der Waals surface area contributed by atoms with Crippen LogP contribution in [0.4, 0.5) is 0 Å². The van der Waals surface area contributed by atoms with E-state index in [1.54, 1.807) is 6.92 Å². The van der Waals surface area contributed by atoms with Crippen LogP contribution in [0.5, 0.6) is 0 Å². The van der Waals surface area contributed by atoms with Crippen molar-refractivity contribution in [2.75, 3.05) is 6.54 Å². The van der Waals surface area contributed by atoms with Crippen molar-refractivity contribution in [2.45, 2.75) is 77.9 Å². The van der Waals surface area contributed by atoms with Crippen molar-refractivity contribution in [2.24, 2.45) is 5.92 Å². The summed E-state index contributed by atoms with van der Waals surface area (Å²) in [6, 6.07) is -0.646. The summed E-state index contributed by atoms with van der Waals surface area (Å²) in [4.78, 5) is 11.2. The van der Waals surface area contributed by atoms with Gasteiger partial charge in [-0.05, 0) is 19.3 Å². The third-order valence-electron chi connectivity index (χ3n) is 3.66. The summed E-state index contributed by atoms with van der Waals surface area (Å²) in [6.45, 7) is 7.79. The molecule has 0 aliphatic heterocycles. The zero-order valence-corrected chi connectivity index (χ0v) is 13.9. The van der Waals surface area contributed by atoms with E-state index in [-0.39, 0.29) is 12.5 Å². The molecule has 3 atom stereocenters. The molecule has 21 heavy (non-hydrogen) atoms. The Bertz CT molecular complexity index is 355. The summed E-state index contributed by atoms with van der Waals surface area (Å²) in [5.74, 6) is 4.96. The molecule has 0 rings (SSSR count). The molecule has 0 heterocycles. The Balaban J connectivity index is 4.27. The number of aliphatic hydroxyl groups is 1. The molecule has 4 nitrogen and oxygen atoms in total. The molecule has 3 unspecified atom stereocenters.